The summed E-state index contributed by atoms with van der Waals surface area (Å²) in [5.41, 5.74) is 0. The van der Waals surface area contributed by atoms with Crippen molar-refractivity contribution >= 4 is 35.3 Å². The van der Waals surface area contributed by atoms with Gasteiger partial charge in [-0.3, -0.25) is 9.59 Å². The van der Waals surface area contributed by atoms with Crippen LogP contribution in [0.5, 0.6) is 0 Å². The van der Waals surface area contributed by atoms with Gasteiger partial charge in [0.15, 0.2) is 0 Å². The normalized spacial score (nSPS) is 36.4. The molecule has 0 aromatic carbocycles. The first-order valence-corrected chi connectivity index (χ1v) is 6.58. The first-order valence-electron chi connectivity index (χ1n) is 6.30. The van der Waals surface area contributed by atoms with Gasteiger partial charge in [-0.2, -0.15) is 0 Å². The minimum atomic E-state index is -1.11. The van der Waals surface area contributed by atoms with Crippen molar-refractivity contribution in [1.29, 1.82) is 0 Å². The Bertz CT molecular complexity index is 472. The van der Waals surface area contributed by atoms with E-state index in [0.29, 0.717) is 10.1 Å². The molecule has 2 aliphatic heterocycles. The van der Waals surface area contributed by atoms with Crippen LogP contribution < -0.4 is 10.6 Å². The lowest BCUT2D eigenvalue weighted by Crippen LogP contribution is -2.45. The first-order chi connectivity index (χ1) is 8.94. The van der Waals surface area contributed by atoms with Crippen molar-refractivity contribution in [1.82, 2.24) is 10.6 Å². The quantitative estimate of drug-likeness (QED) is 0.799. The van der Waals surface area contributed by atoms with Gasteiger partial charge in [0.05, 0.1) is 15.3 Å². The van der Waals surface area contributed by atoms with Crippen LogP contribution in [0.3, 0.4) is 0 Å². The Morgan fingerprint density at radius 1 is 1.41 bits per heavy atom. The van der Waals surface area contributed by atoms with Crippen molar-refractivity contribution in [3.05, 3.63) is 23.2 Å². The molecule has 3 atom stereocenters. The fraction of sp³-hybridized carbons (Fsp3) is 0.455. The Labute approximate surface area is 111 Å². The molecule has 2 saturated heterocycles. The lowest BCUT2D eigenvalue weighted by molar-refractivity contribution is -0.123. The number of nitrogens with one attached hydrogen (secondary N) is 2. The van der Waals surface area contributed by atoms with Crippen molar-refractivity contribution in [2.75, 3.05) is 0 Å². The van der Waals surface area contributed by atoms with E-state index in [0.717, 1.165) is 11.8 Å². The predicted octanol–water partition coefficient (Wildman–Crippen LogP) is 1.42. The molecule has 2 amide bonds. The number of hydrogen-bond acceptors (Lipinski definition) is 4. The van der Waals surface area contributed by atoms with Crippen molar-refractivity contribution in [3.63, 3.8) is 0 Å². The Hall–Kier alpha value is -0.880. The average molecular weight is 274 g/mol. The van der Waals surface area contributed by atoms with Crippen LogP contribution in [-0.4, -0.2) is 21.8 Å². The highest BCUT2D eigenvalue weighted by molar-refractivity contribution is 8.06. The third kappa shape index (κ3) is 1.99. The van der Waals surface area contributed by atoms with Crippen LogP contribution in [-0.2, 0) is 9.59 Å². The van der Waals surface area contributed by atoms with Crippen LogP contribution in [0.4, 0.5) is 0 Å². The Morgan fingerprint density at radius 2 is 2.18 bits per heavy atom. The second-order valence-corrected chi connectivity index (χ2v) is 6.59. The van der Waals surface area contributed by atoms with Gasteiger partial charge in [-0.15, -0.1) is 0 Å². The summed E-state index contributed by atoms with van der Waals surface area (Å²) in [5, 5.41) is 5.62. The maximum atomic E-state index is 12.1. The summed E-state index contributed by atoms with van der Waals surface area (Å²) in [5.74, 6) is -1.13. The van der Waals surface area contributed by atoms with Gasteiger partial charge in [0.25, 0.3) is 0 Å². The number of amides is 2. The summed E-state index contributed by atoms with van der Waals surface area (Å²) < 4.78 is 14.3. The minimum absolute atomic E-state index is 0.106. The highest BCUT2D eigenvalue weighted by Crippen LogP contribution is 2.47. The number of thioether (sulfide) groups is 2. The van der Waals surface area contributed by atoms with Crippen molar-refractivity contribution < 1.29 is 12.3 Å². The molecule has 4 nitrogen and oxygen atoms in total. The van der Waals surface area contributed by atoms with Crippen LogP contribution in [0.15, 0.2) is 23.2 Å². The number of hydrogen-bond donors (Lipinski definition) is 2. The third-order valence-corrected chi connectivity index (χ3v) is 5.08. The monoisotopic (exact) mass is 274 g/mol. The summed E-state index contributed by atoms with van der Waals surface area (Å²) in [6.07, 6.45) is 0. The number of carbonyl (C=O) groups excluding carboxylic acids is 2. The molecule has 2 aliphatic rings. The van der Waals surface area contributed by atoms with E-state index in [4.69, 9.17) is 2.74 Å². The van der Waals surface area contributed by atoms with Gasteiger partial charge in [0.1, 0.15) is 4.75 Å². The molecule has 0 aromatic rings. The van der Waals surface area contributed by atoms with Gasteiger partial charge < -0.3 is 10.6 Å². The van der Waals surface area contributed by atoms with E-state index in [1.165, 1.54) is 11.8 Å². The molecule has 0 radical (unpaired) electrons. The molecule has 2 fully saturated rings. The van der Waals surface area contributed by atoms with Gasteiger partial charge in [0, 0.05) is 8.66 Å². The zero-order valence-corrected chi connectivity index (χ0v) is 10.7. The van der Waals surface area contributed by atoms with Gasteiger partial charge in [0.2, 0.25) is 11.8 Å². The van der Waals surface area contributed by atoms with Gasteiger partial charge in [-0.05, 0) is 6.90 Å². The predicted molar refractivity (Wildman–Crippen MR) is 71.1 cm³/mol. The lowest BCUT2D eigenvalue weighted by Gasteiger charge is -2.29. The molecule has 0 bridgehead atoms. The number of rotatable bonds is 2. The van der Waals surface area contributed by atoms with Gasteiger partial charge in [-0.1, -0.05) is 43.6 Å². The maximum absolute atomic E-state index is 12.1. The molecule has 2 N–H and O–H groups in total. The molecule has 2 heterocycles. The second-order valence-electron chi connectivity index (χ2n) is 3.93. The summed E-state index contributed by atoms with van der Waals surface area (Å²) in [7, 11) is 0. The number of carbonyl (C=O) groups is 2. The highest BCUT2D eigenvalue weighted by Gasteiger charge is 2.51. The molecule has 0 spiro atoms. The van der Waals surface area contributed by atoms with E-state index in [2.05, 4.69) is 23.8 Å². The van der Waals surface area contributed by atoms with Crippen LogP contribution in [0.25, 0.3) is 0 Å². The molecular weight excluding hydrogens is 256 g/mol. The fourth-order valence-corrected chi connectivity index (χ4v) is 3.85. The largest absolute Gasteiger partial charge is 0.320 e. The van der Waals surface area contributed by atoms with Crippen LogP contribution in [0.1, 0.15) is 16.5 Å². The summed E-state index contributed by atoms with van der Waals surface area (Å²) >= 11 is 2.39. The van der Waals surface area contributed by atoms with E-state index in [1.807, 2.05) is 0 Å². The van der Waals surface area contributed by atoms with E-state index in [9.17, 15) is 9.59 Å². The second kappa shape index (κ2) is 4.10. The fourth-order valence-electron chi connectivity index (χ4n) is 1.72. The Balaban J connectivity index is 2.34. The minimum Gasteiger partial charge on any atom is -0.320 e. The van der Waals surface area contributed by atoms with Crippen molar-refractivity contribution in [2.45, 2.75) is 23.8 Å². The molecule has 92 valence electrons. The first kappa shape index (κ1) is 10.1. The maximum Gasteiger partial charge on any atom is 0.241 e. The topological polar surface area (TPSA) is 58.2 Å². The van der Waals surface area contributed by atoms with E-state index < -0.39 is 15.9 Å². The van der Waals surface area contributed by atoms with Crippen molar-refractivity contribution in [3.8, 4) is 0 Å². The average Bonchev–Trinajstić information content (AvgIpc) is 2.81. The zero-order valence-electron chi connectivity index (χ0n) is 11.1. The highest BCUT2D eigenvalue weighted by atomic mass is 32.2. The van der Waals surface area contributed by atoms with Gasteiger partial charge >= 0.3 is 0 Å². The zero-order chi connectivity index (χ0) is 14.2. The molecule has 17 heavy (non-hydrogen) atoms. The van der Waals surface area contributed by atoms with Crippen molar-refractivity contribution in [2.24, 2.45) is 5.92 Å². The van der Waals surface area contributed by atoms with Crippen LogP contribution >= 0.6 is 23.5 Å². The molecule has 3 unspecified atom stereocenters. The summed E-state index contributed by atoms with van der Waals surface area (Å²) in [6.45, 7) is 7.07. The summed E-state index contributed by atoms with van der Waals surface area (Å²) in [6, 6.07) is 0. The third-order valence-electron chi connectivity index (χ3n) is 2.70. The molecule has 0 aliphatic carbocycles. The standard InChI is InChI=1S/C11H14N2O2S2/c1-5(8-9(14)12-6(2)16-8)11(4)10(15)13-7(3)17-11/h5,8H,2-3H2,1,4H3,(H,12,14)(H,13,15)/i1T,4T. The molecule has 6 heteroatoms. The van der Waals surface area contributed by atoms with Crippen LogP contribution in [0.2, 0.25) is 0 Å². The molecule has 2 rings (SSSR count). The van der Waals surface area contributed by atoms with E-state index in [1.54, 1.807) is 0 Å². The SMILES string of the molecule is [3H]CC(C1SC(=C)NC1=O)C1(C[3H])SC(=C)NC1=O. The Kier molecular flexibility index (Phi) is 2.43. The lowest BCUT2D eigenvalue weighted by atomic mass is 9.90. The Morgan fingerprint density at radius 3 is 2.59 bits per heavy atom. The summed E-state index contributed by atoms with van der Waals surface area (Å²) in [4.78, 5) is 24.0. The van der Waals surface area contributed by atoms with E-state index in [-0.39, 0.29) is 25.6 Å². The van der Waals surface area contributed by atoms with Crippen LogP contribution in [0, 0.1) is 5.92 Å². The van der Waals surface area contributed by atoms with Gasteiger partial charge in [-0.25, -0.2) is 0 Å². The molecule has 0 saturated carbocycles. The molecular formula is C11H14N2O2S2. The van der Waals surface area contributed by atoms with E-state index >= 15 is 0 Å². The molecule has 0 aromatic heterocycles. The smallest absolute Gasteiger partial charge is 0.241 e.